The summed E-state index contributed by atoms with van der Waals surface area (Å²) in [5, 5.41) is 4.80. The normalized spacial score (nSPS) is 17.4. The zero-order valence-electron chi connectivity index (χ0n) is 17.4. The van der Waals surface area contributed by atoms with Crippen LogP contribution in [0.25, 0.3) is 16.7 Å². The van der Waals surface area contributed by atoms with Crippen molar-refractivity contribution in [3.63, 3.8) is 0 Å². The van der Waals surface area contributed by atoms with Gasteiger partial charge in [-0.15, -0.1) is 0 Å². The maximum absolute atomic E-state index is 13.5. The van der Waals surface area contributed by atoms with Gasteiger partial charge in [-0.3, -0.25) is 4.79 Å². The molecule has 1 amide bonds. The van der Waals surface area contributed by atoms with Gasteiger partial charge in [0.1, 0.15) is 11.5 Å². The minimum atomic E-state index is 0.0753. The molecule has 0 atom stereocenters. The fourth-order valence-corrected chi connectivity index (χ4v) is 4.58. The van der Waals surface area contributed by atoms with E-state index in [1.54, 1.807) is 0 Å². The second-order valence-electron chi connectivity index (χ2n) is 8.68. The van der Waals surface area contributed by atoms with Gasteiger partial charge in [0.15, 0.2) is 0 Å². The Morgan fingerprint density at radius 2 is 1.65 bits per heavy atom. The number of amides is 1. The van der Waals surface area contributed by atoms with E-state index in [-0.39, 0.29) is 5.91 Å². The lowest BCUT2D eigenvalue weighted by atomic mass is 9.96. The number of hydrogen-bond acceptors (Lipinski definition) is 3. The predicted molar refractivity (Wildman–Crippen MR) is 120 cm³/mol. The van der Waals surface area contributed by atoms with Crippen molar-refractivity contribution in [1.29, 1.82) is 0 Å². The Balaban J connectivity index is 1.22. The number of nitrogens with one attached hydrogen (secondary N) is 1. The fraction of sp³-hybridized carbons (Fsp3) is 0.320. The first-order valence-corrected chi connectivity index (χ1v) is 11.2. The molecule has 1 saturated carbocycles. The number of para-hydroxylation sites is 3. The van der Waals surface area contributed by atoms with E-state index >= 15 is 0 Å². The number of carbonyl (C=O) groups is 1. The predicted octanol–water partition coefficient (Wildman–Crippen LogP) is 4.65. The van der Waals surface area contributed by atoms with Crippen LogP contribution in [0.2, 0.25) is 0 Å². The molecule has 1 aliphatic heterocycles. The van der Waals surface area contributed by atoms with E-state index in [4.69, 9.17) is 10.1 Å². The molecule has 156 valence electrons. The van der Waals surface area contributed by atoms with E-state index in [1.165, 1.54) is 12.8 Å². The summed E-state index contributed by atoms with van der Waals surface area (Å²) in [6, 6.07) is 20.1. The summed E-state index contributed by atoms with van der Waals surface area (Å²) in [7, 11) is 0. The number of hydrogen-bond donors (Lipinski definition) is 1. The molecule has 0 spiro atoms. The molecule has 0 unspecified atom stereocenters. The molecule has 1 aliphatic carbocycles. The third-order valence-corrected chi connectivity index (χ3v) is 6.52. The summed E-state index contributed by atoms with van der Waals surface area (Å²) in [5.41, 5.74) is 4.75. The van der Waals surface area contributed by atoms with Gasteiger partial charge in [-0.25, -0.2) is 9.67 Å². The first-order chi connectivity index (χ1) is 15.3. The van der Waals surface area contributed by atoms with Crippen LogP contribution in [0, 0.1) is 0 Å². The van der Waals surface area contributed by atoms with Crippen molar-refractivity contribution >= 4 is 16.9 Å². The molecule has 6 heteroatoms. The van der Waals surface area contributed by atoms with Crippen LogP contribution in [-0.4, -0.2) is 43.6 Å². The molecule has 0 radical (unpaired) electrons. The lowest BCUT2D eigenvalue weighted by molar-refractivity contribution is 0.0702. The van der Waals surface area contributed by atoms with Crippen LogP contribution >= 0.6 is 0 Å². The van der Waals surface area contributed by atoms with E-state index in [2.05, 4.69) is 11.1 Å². The molecule has 3 heterocycles. The average Bonchev–Trinajstić information content (AvgIpc) is 3.43. The zero-order valence-corrected chi connectivity index (χ0v) is 17.4. The topological polar surface area (TPSA) is 66.8 Å². The Hall–Kier alpha value is -3.41. The first-order valence-electron chi connectivity index (χ1n) is 11.2. The molecule has 6 rings (SSSR count). The van der Waals surface area contributed by atoms with E-state index in [0.717, 1.165) is 54.2 Å². The van der Waals surface area contributed by atoms with Crippen LogP contribution in [0.4, 0.5) is 0 Å². The minimum Gasteiger partial charge on any atom is -0.342 e. The third-order valence-electron chi connectivity index (χ3n) is 6.52. The lowest BCUT2D eigenvalue weighted by Gasteiger charge is -2.31. The van der Waals surface area contributed by atoms with Crippen molar-refractivity contribution in [2.24, 2.45) is 0 Å². The lowest BCUT2D eigenvalue weighted by Crippen LogP contribution is -2.39. The number of benzene rings is 2. The summed E-state index contributed by atoms with van der Waals surface area (Å²) in [4.78, 5) is 23.7. The molecule has 2 aromatic heterocycles. The van der Waals surface area contributed by atoms with Gasteiger partial charge in [0.2, 0.25) is 0 Å². The standard InChI is InChI=1S/C25H25N5O/c31-25(23-16-22(17-10-11-17)28-30(23)19-6-2-1-3-7-19)29-14-12-18(13-15-29)24-26-20-8-4-5-9-21(20)27-24/h1-9,16-18H,10-15H2,(H,26,27). The van der Waals surface area contributed by atoms with Gasteiger partial charge in [-0.1, -0.05) is 30.3 Å². The zero-order chi connectivity index (χ0) is 20.8. The summed E-state index contributed by atoms with van der Waals surface area (Å²) in [6.07, 6.45) is 4.17. The monoisotopic (exact) mass is 411 g/mol. The molecule has 2 aliphatic rings. The number of piperidine rings is 1. The molecular weight excluding hydrogens is 386 g/mol. The van der Waals surface area contributed by atoms with Crippen molar-refractivity contribution in [3.05, 3.63) is 77.9 Å². The van der Waals surface area contributed by atoms with Crippen LogP contribution in [0.3, 0.4) is 0 Å². The molecule has 1 N–H and O–H groups in total. The van der Waals surface area contributed by atoms with E-state index in [0.29, 0.717) is 17.5 Å². The molecular formula is C25H25N5O. The van der Waals surface area contributed by atoms with Crippen LogP contribution < -0.4 is 0 Å². The largest absolute Gasteiger partial charge is 0.342 e. The Bertz CT molecular complexity index is 1200. The van der Waals surface area contributed by atoms with Crippen molar-refractivity contribution in [3.8, 4) is 5.69 Å². The number of rotatable bonds is 4. The van der Waals surface area contributed by atoms with E-state index in [1.807, 2.05) is 64.2 Å². The summed E-state index contributed by atoms with van der Waals surface area (Å²) < 4.78 is 1.83. The highest BCUT2D eigenvalue weighted by molar-refractivity contribution is 5.93. The van der Waals surface area contributed by atoms with Crippen molar-refractivity contribution in [2.75, 3.05) is 13.1 Å². The highest BCUT2D eigenvalue weighted by Gasteiger charge is 2.32. The number of H-pyrrole nitrogens is 1. The summed E-state index contributed by atoms with van der Waals surface area (Å²) in [5.74, 6) is 1.98. The van der Waals surface area contributed by atoms with E-state index < -0.39 is 0 Å². The van der Waals surface area contributed by atoms with E-state index in [9.17, 15) is 4.79 Å². The second kappa shape index (κ2) is 7.38. The molecule has 4 aromatic rings. The fourth-order valence-electron chi connectivity index (χ4n) is 4.58. The molecule has 31 heavy (non-hydrogen) atoms. The second-order valence-corrected chi connectivity index (χ2v) is 8.68. The highest BCUT2D eigenvalue weighted by atomic mass is 16.2. The SMILES string of the molecule is O=C(c1cc(C2CC2)nn1-c1ccccc1)N1CCC(c2nc3ccccc3[nH]2)CC1. The third kappa shape index (κ3) is 3.42. The van der Waals surface area contributed by atoms with Crippen molar-refractivity contribution in [1.82, 2.24) is 24.6 Å². The maximum Gasteiger partial charge on any atom is 0.272 e. The maximum atomic E-state index is 13.5. The quantitative estimate of drug-likeness (QED) is 0.532. The summed E-state index contributed by atoms with van der Waals surface area (Å²) >= 11 is 0. The van der Waals surface area contributed by atoms with Gasteiger partial charge in [0.25, 0.3) is 5.91 Å². The molecule has 1 saturated heterocycles. The number of aromatic nitrogens is 4. The van der Waals surface area contributed by atoms with Gasteiger partial charge >= 0.3 is 0 Å². The van der Waals surface area contributed by atoms with Gasteiger partial charge in [-0.05, 0) is 56.0 Å². The number of aromatic amines is 1. The molecule has 2 fully saturated rings. The minimum absolute atomic E-state index is 0.0753. The first kappa shape index (κ1) is 18.4. The molecule has 6 nitrogen and oxygen atoms in total. The molecule has 0 bridgehead atoms. The highest BCUT2D eigenvalue weighted by Crippen LogP contribution is 2.40. The number of fused-ring (bicyclic) bond motifs is 1. The van der Waals surface area contributed by atoms with Crippen LogP contribution in [0.5, 0.6) is 0 Å². The van der Waals surface area contributed by atoms with Crippen LogP contribution in [0.15, 0.2) is 60.7 Å². The Morgan fingerprint density at radius 3 is 2.39 bits per heavy atom. The van der Waals surface area contributed by atoms with Gasteiger partial charge in [0.05, 0.1) is 22.4 Å². The number of likely N-dealkylation sites (tertiary alicyclic amines) is 1. The smallest absolute Gasteiger partial charge is 0.272 e. The Kier molecular flexibility index (Phi) is 4.37. The van der Waals surface area contributed by atoms with Gasteiger partial charge < -0.3 is 9.88 Å². The number of imidazole rings is 1. The van der Waals surface area contributed by atoms with Crippen molar-refractivity contribution < 1.29 is 4.79 Å². The van der Waals surface area contributed by atoms with Gasteiger partial charge in [-0.2, -0.15) is 5.10 Å². The Labute approximate surface area is 180 Å². The molecule has 2 aromatic carbocycles. The van der Waals surface area contributed by atoms with Gasteiger partial charge in [0, 0.05) is 24.9 Å². The summed E-state index contributed by atoms with van der Waals surface area (Å²) in [6.45, 7) is 1.47. The van der Waals surface area contributed by atoms with Crippen molar-refractivity contribution in [2.45, 2.75) is 37.5 Å². The van der Waals surface area contributed by atoms with Crippen LogP contribution in [-0.2, 0) is 0 Å². The Morgan fingerprint density at radius 1 is 0.903 bits per heavy atom. The number of carbonyl (C=O) groups excluding carboxylic acids is 1. The number of nitrogens with zero attached hydrogens (tertiary/aromatic N) is 4. The average molecular weight is 412 g/mol. The van der Waals surface area contributed by atoms with Crippen LogP contribution in [0.1, 0.15) is 59.5 Å².